The van der Waals surface area contributed by atoms with Gasteiger partial charge in [-0.05, 0) is 30.2 Å². The molecule has 0 bridgehead atoms. The lowest BCUT2D eigenvalue weighted by Crippen LogP contribution is -2.01. The van der Waals surface area contributed by atoms with Gasteiger partial charge in [0.2, 0.25) is 5.88 Å². The maximum Gasteiger partial charge on any atom is 0.307 e. The molecule has 0 fully saturated rings. The van der Waals surface area contributed by atoms with Gasteiger partial charge in [0.05, 0.1) is 15.9 Å². The number of hydrogen-bond acceptors (Lipinski definition) is 4. The van der Waals surface area contributed by atoms with Crippen LogP contribution in [0.4, 0.5) is 0 Å². The summed E-state index contributed by atoms with van der Waals surface area (Å²) in [7, 11) is 0. The minimum Gasteiger partial charge on any atom is -0.493 e. The van der Waals surface area contributed by atoms with Crippen molar-refractivity contribution in [1.29, 1.82) is 0 Å². The fourth-order valence-corrected chi connectivity index (χ4v) is 3.59. The van der Waals surface area contributed by atoms with Gasteiger partial charge in [0.1, 0.15) is 5.82 Å². The van der Waals surface area contributed by atoms with Gasteiger partial charge in [0.25, 0.3) is 0 Å². The second-order valence-electron chi connectivity index (χ2n) is 5.62. The Balaban J connectivity index is 1.67. The number of H-pyrrole nitrogens is 1. The Morgan fingerprint density at radius 1 is 1.17 bits per heavy atom. The normalized spacial score (nSPS) is 11.2. The maximum absolute atomic E-state index is 11.3. The summed E-state index contributed by atoms with van der Waals surface area (Å²) in [5.74, 6) is 0.899. The number of aromatic nitrogens is 3. The highest BCUT2D eigenvalue weighted by molar-refractivity contribution is 7.13. The number of fused-ring (bicyclic) bond motifs is 1. The summed E-state index contributed by atoms with van der Waals surface area (Å²) < 4.78 is 2.18. The second kappa shape index (κ2) is 5.65. The van der Waals surface area contributed by atoms with Crippen LogP contribution in [0.1, 0.15) is 11.4 Å². The van der Waals surface area contributed by atoms with E-state index in [-0.39, 0.29) is 10.8 Å². The standard InChI is InChI=1S/C18H15N3O2S/c1-11-19-14-4-2-3-5-15(14)21(11)10-12-6-8-13(9-7-12)16-17(22)20-18(23)24-16/h2-9,22H,10H2,1H3,(H,20,23). The monoisotopic (exact) mass is 337 g/mol. The molecule has 24 heavy (non-hydrogen) atoms. The van der Waals surface area contributed by atoms with E-state index in [1.807, 2.05) is 49.4 Å². The Morgan fingerprint density at radius 2 is 1.92 bits per heavy atom. The number of benzene rings is 2. The van der Waals surface area contributed by atoms with E-state index in [0.29, 0.717) is 4.88 Å². The van der Waals surface area contributed by atoms with Crippen LogP contribution >= 0.6 is 11.3 Å². The van der Waals surface area contributed by atoms with E-state index >= 15 is 0 Å². The van der Waals surface area contributed by atoms with Crippen molar-refractivity contribution in [2.45, 2.75) is 13.5 Å². The molecule has 0 aliphatic rings. The average Bonchev–Trinajstić information content (AvgIpc) is 3.07. The number of hydrogen-bond donors (Lipinski definition) is 2. The van der Waals surface area contributed by atoms with Gasteiger partial charge in [-0.2, -0.15) is 0 Å². The van der Waals surface area contributed by atoms with Gasteiger partial charge in [-0.3, -0.25) is 9.78 Å². The van der Waals surface area contributed by atoms with Crippen LogP contribution in [-0.2, 0) is 6.54 Å². The lowest BCUT2D eigenvalue weighted by atomic mass is 10.1. The smallest absolute Gasteiger partial charge is 0.307 e. The molecule has 0 amide bonds. The van der Waals surface area contributed by atoms with Gasteiger partial charge in [-0.1, -0.05) is 47.7 Å². The van der Waals surface area contributed by atoms with E-state index in [2.05, 4.69) is 20.6 Å². The lowest BCUT2D eigenvalue weighted by molar-refractivity contribution is 0.458. The van der Waals surface area contributed by atoms with Gasteiger partial charge in [-0.25, -0.2) is 4.98 Å². The second-order valence-corrected chi connectivity index (χ2v) is 6.61. The molecule has 0 aliphatic heterocycles. The first-order valence-corrected chi connectivity index (χ1v) is 8.37. The van der Waals surface area contributed by atoms with Gasteiger partial charge < -0.3 is 9.67 Å². The first kappa shape index (κ1) is 14.7. The van der Waals surface area contributed by atoms with Crippen LogP contribution in [0.3, 0.4) is 0 Å². The molecule has 120 valence electrons. The first-order chi connectivity index (χ1) is 11.6. The van der Waals surface area contributed by atoms with E-state index in [4.69, 9.17) is 0 Å². The van der Waals surface area contributed by atoms with Crippen molar-refractivity contribution in [2.24, 2.45) is 0 Å². The van der Waals surface area contributed by atoms with Gasteiger partial charge in [0, 0.05) is 6.54 Å². The van der Waals surface area contributed by atoms with Crippen molar-refractivity contribution < 1.29 is 5.11 Å². The molecule has 4 aromatic rings. The zero-order valence-electron chi connectivity index (χ0n) is 13.0. The summed E-state index contributed by atoms with van der Waals surface area (Å²) in [5.41, 5.74) is 4.06. The predicted octanol–water partition coefficient (Wildman–Crippen LogP) is 3.52. The van der Waals surface area contributed by atoms with Gasteiger partial charge >= 0.3 is 4.87 Å². The SMILES string of the molecule is Cc1nc2ccccc2n1Cc1ccc(-c2sc(=O)[nH]c2O)cc1. The molecular weight excluding hydrogens is 322 g/mol. The van der Waals surface area contributed by atoms with Crippen molar-refractivity contribution >= 4 is 22.4 Å². The van der Waals surface area contributed by atoms with Crippen LogP contribution in [0, 0.1) is 6.92 Å². The van der Waals surface area contributed by atoms with Gasteiger partial charge in [0.15, 0.2) is 0 Å². The summed E-state index contributed by atoms with van der Waals surface area (Å²) in [6.07, 6.45) is 0. The number of nitrogens with one attached hydrogen (secondary N) is 1. The zero-order valence-corrected chi connectivity index (χ0v) is 13.8. The summed E-state index contributed by atoms with van der Waals surface area (Å²) in [6, 6.07) is 15.9. The number of imidazole rings is 1. The van der Waals surface area contributed by atoms with Crippen LogP contribution in [0.5, 0.6) is 5.88 Å². The molecular formula is C18H15N3O2S. The molecule has 2 N–H and O–H groups in total. The molecule has 0 spiro atoms. The van der Waals surface area contributed by atoms with Crippen LogP contribution in [0.2, 0.25) is 0 Å². The zero-order chi connectivity index (χ0) is 16.7. The number of aromatic hydroxyl groups is 1. The molecule has 2 aromatic heterocycles. The highest BCUT2D eigenvalue weighted by atomic mass is 32.1. The molecule has 0 radical (unpaired) electrons. The number of nitrogens with zero attached hydrogens (tertiary/aromatic N) is 2. The topological polar surface area (TPSA) is 70.9 Å². The van der Waals surface area contributed by atoms with E-state index < -0.39 is 0 Å². The molecule has 0 unspecified atom stereocenters. The van der Waals surface area contributed by atoms with Gasteiger partial charge in [-0.15, -0.1) is 0 Å². The Kier molecular flexibility index (Phi) is 3.46. The summed E-state index contributed by atoms with van der Waals surface area (Å²) in [5, 5.41) is 9.76. The lowest BCUT2D eigenvalue weighted by Gasteiger charge is -2.08. The third kappa shape index (κ3) is 2.51. The van der Waals surface area contributed by atoms with Crippen molar-refractivity contribution in [3.8, 4) is 16.3 Å². The van der Waals surface area contributed by atoms with Crippen molar-refractivity contribution in [3.05, 3.63) is 69.6 Å². The Bertz CT molecular complexity index is 1070. The molecule has 6 heteroatoms. The van der Waals surface area contributed by atoms with Crippen LogP contribution in [0.25, 0.3) is 21.5 Å². The highest BCUT2D eigenvalue weighted by Gasteiger charge is 2.10. The molecule has 0 aliphatic carbocycles. The Hall–Kier alpha value is -2.86. The van der Waals surface area contributed by atoms with Crippen molar-refractivity contribution in [2.75, 3.05) is 0 Å². The largest absolute Gasteiger partial charge is 0.493 e. The third-order valence-corrected chi connectivity index (χ3v) is 4.95. The molecule has 2 aromatic carbocycles. The van der Waals surface area contributed by atoms with Crippen LogP contribution in [0.15, 0.2) is 53.3 Å². The summed E-state index contributed by atoms with van der Waals surface area (Å²) in [4.78, 5) is 18.6. The number of aromatic amines is 1. The number of rotatable bonds is 3. The fraction of sp³-hybridized carbons (Fsp3) is 0.111. The van der Waals surface area contributed by atoms with E-state index in [1.54, 1.807) is 0 Å². The van der Waals surface area contributed by atoms with E-state index in [0.717, 1.165) is 45.9 Å². The Labute approximate surface area is 141 Å². The number of para-hydroxylation sites is 2. The summed E-state index contributed by atoms with van der Waals surface area (Å²) >= 11 is 1.01. The predicted molar refractivity (Wildman–Crippen MR) is 95.6 cm³/mol. The molecule has 2 heterocycles. The highest BCUT2D eigenvalue weighted by Crippen LogP contribution is 2.30. The quantitative estimate of drug-likeness (QED) is 0.601. The minimum absolute atomic E-state index is 0.0748. The van der Waals surface area contributed by atoms with Crippen molar-refractivity contribution in [1.82, 2.24) is 14.5 Å². The third-order valence-electron chi connectivity index (χ3n) is 4.03. The van der Waals surface area contributed by atoms with Crippen LogP contribution < -0.4 is 4.87 Å². The van der Waals surface area contributed by atoms with E-state index in [1.165, 1.54) is 0 Å². The fourth-order valence-electron chi connectivity index (χ4n) is 2.86. The number of aryl methyl sites for hydroxylation is 1. The molecule has 0 saturated heterocycles. The average molecular weight is 337 g/mol. The minimum atomic E-state index is -0.257. The molecule has 0 saturated carbocycles. The summed E-state index contributed by atoms with van der Waals surface area (Å²) in [6.45, 7) is 2.73. The maximum atomic E-state index is 11.3. The Morgan fingerprint density at radius 3 is 2.62 bits per heavy atom. The first-order valence-electron chi connectivity index (χ1n) is 7.55. The molecule has 4 rings (SSSR count). The van der Waals surface area contributed by atoms with Crippen LogP contribution in [-0.4, -0.2) is 19.6 Å². The molecule has 0 atom stereocenters. The van der Waals surface area contributed by atoms with Crippen molar-refractivity contribution in [3.63, 3.8) is 0 Å². The number of thiazole rings is 1. The molecule has 5 nitrogen and oxygen atoms in total. The van der Waals surface area contributed by atoms with E-state index in [9.17, 15) is 9.90 Å².